The molecule has 1 aliphatic rings. The van der Waals surface area contributed by atoms with E-state index in [9.17, 15) is 15.2 Å². The van der Waals surface area contributed by atoms with E-state index < -0.39 is 10.5 Å². The van der Waals surface area contributed by atoms with Crippen molar-refractivity contribution < 1.29 is 10.0 Å². The number of nitro groups is 1. The van der Waals surface area contributed by atoms with E-state index in [-0.39, 0.29) is 18.8 Å². The topological polar surface area (TPSA) is 132 Å². The first-order chi connectivity index (χ1) is 10.0. The Balaban J connectivity index is 1.90. The predicted molar refractivity (Wildman–Crippen MR) is 70.3 cm³/mol. The van der Waals surface area contributed by atoms with Crippen LogP contribution >= 0.6 is 0 Å². The van der Waals surface area contributed by atoms with Crippen molar-refractivity contribution in [3.05, 3.63) is 45.8 Å². The van der Waals surface area contributed by atoms with E-state index in [4.69, 9.17) is 5.26 Å². The minimum Gasteiger partial charge on any atom is -0.380 e. The molecule has 9 nitrogen and oxygen atoms in total. The number of nitrogens with one attached hydrogen (secondary N) is 1. The van der Waals surface area contributed by atoms with Gasteiger partial charge in [0.1, 0.15) is 17.0 Å². The van der Waals surface area contributed by atoms with Gasteiger partial charge in [-0.3, -0.25) is 10.1 Å². The zero-order chi connectivity index (χ0) is 15.0. The first-order valence-corrected chi connectivity index (χ1v) is 6.05. The number of β-amino-alcohol motifs (C(OH)–C–C–N with tert-alkyl or cyclic N) is 1. The summed E-state index contributed by atoms with van der Waals surface area (Å²) in [5, 5.41) is 40.2. The number of nitrogens with zero attached hydrogens (tertiary/aromatic N) is 5. The molecule has 2 aromatic rings. The molecule has 1 fully saturated rings. The molecule has 0 radical (unpaired) electrons. The Morgan fingerprint density at radius 3 is 2.86 bits per heavy atom. The third-order valence-electron chi connectivity index (χ3n) is 3.44. The zero-order valence-electron chi connectivity index (χ0n) is 10.7. The van der Waals surface area contributed by atoms with Crippen molar-refractivity contribution in [2.45, 2.75) is 5.60 Å². The summed E-state index contributed by atoms with van der Waals surface area (Å²) in [5.74, 6) is 0. The van der Waals surface area contributed by atoms with Gasteiger partial charge in [0.15, 0.2) is 0 Å². The van der Waals surface area contributed by atoms with E-state index >= 15 is 0 Å². The Morgan fingerprint density at radius 2 is 2.29 bits per heavy atom. The molecule has 0 aliphatic carbocycles. The highest BCUT2D eigenvalue weighted by Crippen LogP contribution is 2.38. The summed E-state index contributed by atoms with van der Waals surface area (Å²) in [7, 11) is 0. The van der Waals surface area contributed by atoms with Crippen molar-refractivity contribution in [3.63, 3.8) is 0 Å². The van der Waals surface area contributed by atoms with Crippen molar-refractivity contribution in [2.75, 3.05) is 18.0 Å². The van der Waals surface area contributed by atoms with Crippen LogP contribution in [0.2, 0.25) is 0 Å². The number of rotatable bonds is 3. The number of H-pyrrole nitrogens is 1. The molecule has 0 bridgehead atoms. The number of aromatic nitrogens is 3. The molecule has 0 spiro atoms. The van der Waals surface area contributed by atoms with Crippen LogP contribution in [0.15, 0.2) is 24.4 Å². The number of hydrogen-bond acceptors (Lipinski definition) is 7. The van der Waals surface area contributed by atoms with Crippen molar-refractivity contribution in [3.8, 4) is 6.07 Å². The van der Waals surface area contributed by atoms with Crippen LogP contribution in [0.5, 0.6) is 0 Å². The van der Waals surface area contributed by atoms with Gasteiger partial charge in [-0.15, -0.1) is 0 Å². The largest absolute Gasteiger partial charge is 0.380 e. The van der Waals surface area contributed by atoms with E-state index in [1.807, 2.05) is 6.07 Å². The first kappa shape index (κ1) is 13.0. The van der Waals surface area contributed by atoms with E-state index in [0.29, 0.717) is 16.9 Å². The minimum atomic E-state index is -1.19. The minimum absolute atomic E-state index is 0.101. The highest BCUT2D eigenvalue weighted by atomic mass is 16.6. The number of hydrogen-bond donors (Lipinski definition) is 2. The number of aliphatic hydroxyl groups is 1. The summed E-state index contributed by atoms with van der Waals surface area (Å²) in [4.78, 5) is 12.2. The van der Waals surface area contributed by atoms with Gasteiger partial charge in [0, 0.05) is 6.07 Å². The highest BCUT2D eigenvalue weighted by molar-refractivity contribution is 5.68. The quantitative estimate of drug-likeness (QED) is 0.612. The first-order valence-electron chi connectivity index (χ1n) is 6.05. The maximum Gasteiger partial charge on any atom is 0.292 e. The van der Waals surface area contributed by atoms with E-state index in [0.717, 1.165) is 0 Å². The number of aromatic amines is 1. The molecule has 9 heteroatoms. The van der Waals surface area contributed by atoms with Crippen molar-refractivity contribution in [1.29, 1.82) is 5.26 Å². The maximum absolute atomic E-state index is 11.1. The molecule has 2 N–H and O–H groups in total. The van der Waals surface area contributed by atoms with Crippen molar-refractivity contribution >= 4 is 11.4 Å². The molecular formula is C12H10N6O3. The van der Waals surface area contributed by atoms with E-state index in [2.05, 4.69) is 15.4 Å². The molecule has 3 rings (SSSR count). The highest BCUT2D eigenvalue weighted by Gasteiger charge is 2.46. The number of benzene rings is 1. The fraction of sp³-hybridized carbons (Fsp3) is 0.250. The van der Waals surface area contributed by atoms with Crippen LogP contribution in [0.1, 0.15) is 11.3 Å². The lowest BCUT2D eigenvalue weighted by Crippen LogP contribution is -2.60. The molecule has 2 heterocycles. The van der Waals surface area contributed by atoms with Crippen molar-refractivity contribution in [1.82, 2.24) is 15.4 Å². The fourth-order valence-electron chi connectivity index (χ4n) is 2.34. The van der Waals surface area contributed by atoms with Crippen LogP contribution < -0.4 is 4.90 Å². The Kier molecular flexibility index (Phi) is 2.81. The molecule has 1 aromatic carbocycles. The van der Waals surface area contributed by atoms with Gasteiger partial charge in [0.25, 0.3) is 5.69 Å². The lowest BCUT2D eigenvalue weighted by atomic mass is 9.90. The van der Waals surface area contributed by atoms with Gasteiger partial charge in [0.2, 0.25) is 0 Å². The molecule has 0 atom stereocenters. The third kappa shape index (κ3) is 2.07. The second-order valence-electron chi connectivity index (χ2n) is 4.82. The summed E-state index contributed by atoms with van der Waals surface area (Å²) < 4.78 is 0. The Morgan fingerprint density at radius 1 is 1.52 bits per heavy atom. The lowest BCUT2D eigenvalue weighted by Gasteiger charge is -2.46. The summed E-state index contributed by atoms with van der Waals surface area (Å²) in [6.45, 7) is 0.296. The molecule has 106 valence electrons. The standard InChI is InChI=1S/C12H10N6O3/c13-4-8-1-2-9(18(20)21)10(3-8)17-6-12(19,7-17)11-5-14-16-15-11/h1-3,5,19H,6-7H2,(H,14,15,16). The molecule has 1 aliphatic heterocycles. The molecule has 0 unspecified atom stereocenters. The van der Waals surface area contributed by atoms with Crippen LogP contribution in [0.4, 0.5) is 11.4 Å². The van der Waals surface area contributed by atoms with Gasteiger partial charge in [-0.25, -0.2) is 0 Å². The molecule has 1 aromatic heterocycles. The van der Waals surface area contributed by atoms with Crippen LogP contribution in [0, 0.1) is 21.4 Å². The summed E-state index contributed by atoms with van der Waals surface area (Å²) >= 11 is 0. The summed E-state index contributed by atoms with van der Waals surface area (Å²) in [6.07, 6.45) is 1.41. The summed E-state index contributed by atoms with van der Waals surface area (Å²) in [5.41, 5.74) is -0.266. The van der Waals surface area contributed by atoms with E-state index in [1.54, 1.807) is 4.90 Å². The monoisotopic (exact) mass is 286 g/mol. The van der Waals surface area contributed by atoms with Gasteiger partial charge in [-0.05, 0) is 12.1 Å². The van der Waals surface area contributed by atoms with Gasteiger partial charge < -0.3 is 10.0 Å². The number of nitriles is 1. The van der Waals surface area contributed by atoms with Crippen LogP contribution in [0.3, 0.4) is 0 Å². The lowest BCUT2D eigenvalue weighted by molar-refractivity contribution is -0.384. The second kappa shape index (κ2) is 4.53. The third-order valence-corrected chi connectivity index (χ3v) is 3.44. The second-order valence-corrected chi connectivity index (χ2v) is 4.82. The number of nitro benzene ring substituents is 1. The van der Waals surface area contributed by atoms with Crippen molar-refractivity contribution in [2.24, 2.45) is 0 Å². The van der Waals surface area contributed by atoms with Crippen LogP contribution in [-0.4, -0.2) is 38.5 Å². The van der Waals surface area contributed by atoms with Gasteiger partial charge >= 0.3 is 0 Å². The maximum atomic E-state index is 11.1. The normalized spacial score (nSPS) is 16.1. The average molecular weight is 286 g/mol. The van der Waals surface area contributed by atoms with Crippen LogP contribution in [-0.2, 0) is 5.60 Å². The van der Waals surface area contributed by atoms with Crippen LogP contribution in [0.25, 0.3) is 0 Å². The van der Waals surface area contributed by atoms with E-state index in [1.165, 1.54) is 24.4 Å². The predicted octanol–water partition coefficient (Wildman–Crippen LogP) is 0.292. The zero-order valence-corrected chi connectivity index (χ0v) is 10.7. The molecule has 0 saturated carbocycles. The molecule has 0 amide bonds. The Hall–Kier alpha value is -2.99. The Labute approximate surface area is 118 Å². The van der Waals surface area contributed by atoms with Gasteiger partial charge in [-0.1, -0.05) is 0 Å². The molecule has 1 saturated heterocycles. The summed E-state index contributed by atoms with van der Waals surface area (Å²) in [6, 6.07) is 6.08. The molecular weight excluding hydrogens is 276 g/mol. The fourth-order valence-corrected chi connectivity index (χ4v) is 2.34. The Bertz CT molecular complexity index is 730. The average Bonchev–Trinajstić information content (AvgIpc) is 2.97. The smallest absolute Gasteiger partial charge is 0.292 e. The van der Waals surface area contributed by atoms with Gasteiger partial charge in [-0.2, -0.15) is 20.7 Å². The number of anilines is 1. The SMILES string of the molecule is N#Cc1ccc([N+](=O)[O-])c(N2CC(O)(c3cn[nH]n3)C2)c1. The molecule has 21 heavy (non-hydrogen) atoms. The van der Waals surface area contributed by atoms with Gasteiger partial charge in [0.05, 0.1) is 35.8 Å².